The molecule has 1 saturated heterocycles. The molecule has 2 N–H and O–H groups in total. The number of carbonyl (C=O) groups excluding carboxylic acids is 1. The van der Waals surface area contributed by atoms with Gasteiger partial charge in [0.15, 0.2) is 0 Å². The van der Waals surface area contributed by atoms with Crippen molar-refractivity contribution in [1.82, 2.24) is 9.78 Å². The topological polar surface area (TPSA) is 85.4 Å². The number of anilines is 1. The minimum atomic E-state index is -0.273. The Bertz CT molecular complexity index is 870. The lowest BCUT2D eigenvalue weighted by Crippen LogP contribution is -2.24. The standard InChI is InChI=1S/C18H21N3O4S/c1-24-13-5-3-2-4-12(13)16-15-17(19-14(22)10-26-16)21(20-18(15)23)11-6-8-25-9-7-11/h2-5,11,16H,6-10H2,1H3,(H,19,22)(H,20,23)/t16-/m0/s1. The number of fused-ring (bicyclic) bond motifs is 1. The molecule has 0 radical (unpaired) electrons. The van der Waals surface area contributed by atoms with E-state index >= 15 is 0 Å². The molecule has 2 aliphatic heterocycles. The summed E-state index contributed by atoms with van der Waals surface area (Å²) >= 11 is 1.44. The van der Waals surface area contributed by atoms with Crippen molar-refractivity contribution in [3.8, 4) is 5.75 Å². The molecule has 26 heavy (non-hydrogen) atoms. The molecule has 8 heteroatoms. The van der Waals surface area contributed by atoms with Crippen molar-refractivity contribution in [2.24, 2.45) is 0 Å². The molecule has 1 aromatic carbocycles. The molecular weight excluding hydrogens is 354 g/mol. The first kappa shape index (κ1) is 17.2. The molecule has 0 unspecified atom stereocenters. The average molecular weight is 375 g/mol. The number of nitrogens with zero attached hydrogens (tertiary/aromatic N) is 1. The summed E-state index contributed by atoms with van der Waals surface area (Å²) in [4.78, 5) is 25.2. The van der Waals surface area contributed by atoms with Gasteiger partial charge >= 0.3 is 0 Å². The quantitative estimate of drug-likeness (QED) is 0.860. The van der Waals surface area contributed by atoms with Gasteiger partial charge in [-0.25, -0.2) is 0 Å². The number of hydrogen-bond donors (Lipinski definition) is 2. The third-order valence-corrected chi connectivity index (χ3v) is 6.09. The van der Waals surface area contributed by atoms with Crippen LogP contribution in [-0.2, 0) is 9.53 Å². The minimum Gasteiger partial charge on any atom is -0.496 e. The number of hydrogen-bond acceptors (Lipinski definition) is 5. The lowest BCUT2D eigenvalue weighted by atomic mass is 10.0. The number of H-pyrrole nitrogens is 1. The number of nitrogens with one attached hydrogen (secondary N) is 2. The molecule has 2 aromatic rings. The summed E-state index contributed by atoms with van der Waals surface area (Å²) in [5.74, 6) is 1.47. The van der Waals surface area contributed by atoms with Crippen LogP contribution in [0.1, 0.15) is 35.3 Å². The Balaban J connectivity index is 1.84. The molecule has 1 fully saturated rings. The number of ether oxygens (including phenoxy) is 2. The molecule has 1 atom stereocenters. The summed E-state index contributed by atoms with van der Waals surface area (Å²) < 4.78 is 12.7. The Morgan fingerprint density at radius 1 is 1.23 bits per heavy atom. The lowest BCUT2D eigenvalue weighted by molar-refractivity contribution is -0.113. The zero-order valence-corrected chi connectivity index (χ0v) is 15.3. The first-order chi connectivity index (χ1) is 12.7. The monoisotopic (exact) mass is 375 g/mol. The molecule has 1 amide bonds. The van der Waals surface area contributed by atoms with Crippen LogP contribution in [0.4, 0.5) is 5.82 Å². The van der Waals surface area contributed by atoms with E-state index in [4.69, 9.17) is 9.47 Å². The highest BCUT2D eigenvalue weighted by molar-refractivity contribution is 8.00. The molecule has 0 saturated carbocycles. The van der Waals surface area contributed by atoms with E-state index in [-0.39, 0.29) is 28.5 Å². The molecule has 138 valence electrons. The van der Waals surface area contributed by atoms with E-state index in [1.165, 1.54) is 11.8 Å². The van der Waals surface area contributed by atoms with Crippen LogP contribution < -0.4 is 15.6 Å². The molecule has 3 heterocycles. The van der Waals surface area contributed by atoms with Gasteiger partial charge in [0.2, 0.25) is 5.91 Å². The molecule has 1 aromatic heterocycles. The van der Waals surface area contributed by atoms with Gasteiger partial charge in [-0.15, -0.1) is 11.8 Å². The van der Waals surface area contributed by atoms with E-state index in [0.29, 0.717) is 30.3 Å². The number of rotatable bonds is 3. The summed E-state index contributed by atoms with van der Waals surface area (Å²) in [6.45, 7) is 1.30. The van der Waals surface area contributed by atoms with E-state index in [1.807, 2.05) is 28.9 Å². The number of aromatic amines is 1. The average Bonchev–Trinajstić information content (AvgIpc) is 2.88. The Morgan fingerprint density at radius 2 is 2.00 bits per heavy atom. The first-order valence-corrected chi connectivity index (χ1v) is 9.70. The number of benzene rings is 1. The minimum absolute atomic E-state index is 0.103. The summed E-state index contributed by atoms with van der Waals surface area (Å²) in [5.41, 5.74) is 1.31. The van der Waals surface area contributed by atoms with E-state index in [9.17, 15) is 9.59 Å². The molecule has 0 bridgehead atoms. The number of amides is 1. The maximum atomic E-state index is 12.9. The maximum absolute atomic E-state index is 12.9. The van der Waals surface area contributed by atoms with E-state index < -0.39 is 0 Å². The van der Waals surface area contributed by atoms with Crippen molar-refractivity contribution >= 4 is 23.5 Å². The fraction of sp³-hybridized carbons (Fsp3) is 0.444. The van der Waals surface area contributed by atoms with Crippen molar-refractivity contribution < 1.29 is 14.3 Å². The normalized spacial score (nSPS) is 21.0. The highest BCUT2D eigenvalue weighted by Crippen LogP contribution is 2.43. The van der Waals surface area contributed by atoms with Crippen LogP contribution in [0.5, 0.6) is 5.75 Å². The van der Waals surface area contributed by atoms with Crippen LogP contribution in [0, 0.1) is 0 Å². The van der Waals surface area contributed by atoms with E-state index in [0.717, 1.165) is 18.4 Å². The molecular formula is C18H21N3O4S. The Morgan fingerprint density at radius 3 is 2.77 bits per heavy atom. The number of thioether (sulfide) groups is 1. The summed E-state index contributed by atoms with van der Waals surface area (Å²) in [6, 6.07) is 7.75. The summed E-state index contributed by atoms with van der Waals surface area (Å²) in [6.07, 6.45) is 1.61. The van der Waals surface area contributed by atoms with Crippen molar-refractivity contribution in [3.05, 3.63) is 45.7 Å². The van der Waals surface area contributed by atoms with Crippen LogP contribution in [0.2, 0.25) is 0 Å². The molecule has 2 aliphatic rings. The van der Waals surface area contributed by atoms with Gasteiger partial charge < -0.3 is 14.8 Å². The SMILES string of the molecule is COc1ccccc1[C@@H]1SCC(=O)Nc2c1c(=O)[nH]n2C1CCOCC1. The third-order valence-electron chi connectivity index (χ3n) is 4.84. The second-order valence-electron chi connectivity index (χ2n) is 6.40. The number of aromatic nitrogens is 2. The molecule has 0 aliphatic carbocycles. The Kier molecular flexibility index (Phi) is 4.78. The molecule has 0 spiro atoms. The smallest absolute Gasteiger partial charge is 0.270 e. The fourth-order valence-electron chi connectivity index (χ4n) is 3.59. The first-order valence-electron chi connectivity index (χ1n) is 8.65. The van der Waals surface area contributed by atoms with Crippen molar-refractivity contribution in [3.63, 3.8) is 0 Å². The number of methoxy groups -OCH3 is 1. The zero-order chi connectivity index (χ0) is 18.1. The number of carbonyl (C=O) groups is 1. The second kappa shape index (κ2) is 7.20. The van der Waals surface area contributed by atoms with Gasteiger partial charge in [-0.3, -0.25) is 19.4 Å². The lowest BCUT2D eigenvalue weighted by Gasteiger charge is -2.25. The fourth-order valence-corrected chi connectivity index (χ4v) is 4.74. The Labute approximate surface area is 155 Å². The van der Waals surface area contributed by atoms with Gasteiger partial charge in [0.25, 0.3) is 5.56 Å². The predicted octanol–water partition coefficient (Wildman–Crippen LogP) is 2.31. The zero-order valence-electron chi connectivity index (χ0n) is 14.5. The van der Waals surface area contributed by atoms with Crippen LogP contribution in [0.3, 0.4) is 0 Å². The van der Waals surface area contributed by atoms with Crippen molar-refractivity contribution in [2.75, 3.05) is 31.4 Å². The highest BCUT2D eigenvalue weighted by atomic mass is 32.2. The van der Waals surface area contributed by atoms with Crippen molar-refractivity contribution in [2.45, 2.75) is 24.1 Å². The highest BCUT2D eigenvalue weighted by Gasteiger charge is 2.33. The largest absolute Gasteiger partial charge is 0.496 e. The van der Waals surface area contributed by atoms with E-state index in [1.54, 1.807) is 7.11 Å². The van der Waals surface area contributed by atoms with Gasteiger partial charge in [-0.05, 0) is 18.9 Å². The van der Waals surface area contributed by atoms with Gasteiger partial charge in [-0.1, -0.05) is 18.2 Å². The second-order valence-corrected chi connectivity index (χ2v) is 7.49. The summed E-state index contributed by atoms with van der Waals surface area (Å²) in [5, 5.41) is 5.61. The maximum Gasteiger partial charge on any atom is 0.270 e. The van der Waals surface area contributed by atoms with Crippen LogP contribution in [-0.4, -0.2) is 41.8 Å². The molecule has 7 nitrogen and oxygen atoms in total. The van der Waals surface area contributed by atoms with Crippen LogP contribution >= 0.6 is 11.8 Å². The Hall–Kier alpha value is -2.19. The number of para-hydroxylation sites is 1. The summed E-state index contributed by atoms with van der Waals surface area (Å²) in [7, 11) is 1.61. The van der Waals surface area contributed by atoms with Gasteiger partial charge in [-0.2, -0.15) is 0 Å². The van der Waals surface area contributed by atoms with Gasteiger partial charge in [0.1, 0.15) is 11.6 Å². The molecule has 4 rings (SSSR count). The van der Waals surface area contributed by atoms with Crippen LogP contribution in [0.15, 0.2) is 29.1 Å². The van der Waals surface area contributed by atoms with E-state index in [2.05, 4.69) is 10.4 Å². The van der Waals surface area contributed by atoms with Gasteiger partial charge in [0.05, 0.1) is 29.7 Å². The van der Waals surface area contributed by atoms with Gasteiger partial charge in [0, 0.05) is 18.8 Å². The predicted molar refractivity (Wildman–Crippen MR) is 100 cm³/mol. The van der Waals surface area contributed by atoms with Crippen molar-refractivity contribution in [1.29, 1.82) is 0 Å². The van der Waals surface area contributed by atoms with Crippen LogP contribution in [0.25, 0.3) is 0 Å². The third kappa shape index (κ3) is 3.03.